The molecule has 4 nitrogen and oxygen atoms in total. The molecule has 110 valence electrons. The van der Waals surface area contributed by atoms with Crippen LogP contribution in [-0.2, 0) is 12.6 Å². The van der Waals surface area contributed by atoms with Gasteiger partial charge in [-0.25, -0.2) is 4.98 Å². The highest BCUT2D eigenvalue weighted by Gasteiger charge is 2.48. The molecule has 0 atom stereocenters. The topological polar surface area (TPSA) is 47.0 Å². The molecular formula is C13H16F3N3O. The van der Waals surface area contributed by atoms with Gasteiger partial charge in [-0.1, -0.05) is 0 Å². The van der Waals surface area contributed by atoms with Crippen molar-refractivity contribution in [3.8, 4) is 5.88 Å². The van der Waals surface area contributed by atoms with E-state index in [2.05, 4.69) is 15.3 Å². The highest BCUT2D eigenvalue weighted by Crippen LogP contribution is 2.49. The Kier molecular flexibility index (Phi) is 3.12. The van der Waals surface area contributed by atoms with Crippen molar-refractivity contribution in [2.45, 2.75) is 25.4 Å². The second-order valence-electron chi connectivity index (χ2n) is 5.79. The molecular weight excluding hydrogens is 271 g/mol. The first-order valence-electron chi connectivity index (χ1n) is 6.60. The van der Waals surface area contributed by atoms with Crippen LogP contribution in [0.15, 0.2) is 6.20 Å². The monoisotopic (exact) mass is 287 g/mol. The fourth-order valence-corrected chi connectivity index (χ4v) is 3.19. The lowest BCUT2D eigenvalue weighted by atomic mass is 9.57. The van der Waals surface area contributed by atoms with Crippen molar-refractivity contribution < 1.29 is 17.9 Å². The molecule has 1 aromatic rings. The summed E-state index contributed by atoms with van der Waals surface area (Å²) in [4.78, 5) is 7.43. The van der Waals surface area contributed by atoms with Gasteiger partial charge >= 0.3 is 6.18 Å². The standard InChI is InChI=1S/C13H16F3N3O/c1-20-11-9(18-5-10(19-11)13(14,15)16)2-8-3-12(4-8)6-17-7-12/h5,8,17H,2-4,6-7H2,1H3. The average Bonchev–Trinajstić information content (AvgIpc) is 2.29. The van der Waals surface area contributed by atoms with E-state index in [0.29, 0.717) is 23.4 Å². The number of methoxy groups -OCH3 is 1. The summed E-state index contributed by atoms with van der Waals surface area (Å²) < 4.78 is 42.7. The fraction of sp³-hybridized carbons (Fsp3) is 0.692. The molecule has 1 saturated carbocycles. The van der Waals surface area contributed by atoms with Gasteiger partial charge in [-0.2, -0.15) is 13.2 Å². The largest absolute Gasteiger partial charge is 0.480 e. The van der Waals surface area contributed by atoms with Gasteiger partial charge < -0.3 is 10.1 Å². The number of nitrogens with zero attached hydrogens (tertiary/aromatic N) is 2. The zero-order valence-corrected chi connectivity index (χ0v) is 11.1. The quantitative estimate of drug-likeness (QED) is 0.924. The molecule has 2 heterocycles. The van der Waals surface area contributed by atoms with Crippen LogP contribution in [0, 0.1) is 11.3 Å². The fourth-order valence-electron chi connectivity index (χ4n) is 3.19. The Balaban J connectivity index is 1.70. The van der Waals surface area contributed by atoms with Crippen LogP contribution in [0.3, 0.4) is 0 Å². The van der Waals surface area contributed by atoms with Crippen LogP contribution in [0.4, 0.5) is 13.2 Å². The van der Waals surface area contributed by atoms with E-state index in [1.54, 1.807) is 0 Å². The lowest BCUT2D eigenvalue weighted by molar-refractivity contribution is -0.141. The first-order valence-corrected chi connectivity index (χ1v) is 6.60. The van der Waals surface area contributed by atoms with E-state index in [0.717, 1.165) is 32.1 Å². The van der Waals surface area contributed by atoms with Gasteiger partial charge in [-0.15, -0.1) is 0 Å². The van der Waals surface area contributed by atoms with Crippen molar-refractivity contribution in [2.24, 2.45) is 11.3 Å². The van der Waals surface area contributed by atoms with Crippen molar-refractivity contribution in [3.05, 3.63) is 17.6 Å². The molecule has 0 amide bonds. The van der Waals surface area contributed by atoms with E-state index in [1.807, 2.05) is 0 Å². The van der Waals surface area contributed by atoms with Crippen LogP contribution < -0.4 is 10.1 Å². The van der Waals surface area contributed by atoms with Crippen LogP contribution in [0.5, 0.6) is 5.88 Å². The predicted molar refractivity (Wildman–Crippen MR) is 65.3 cm³/mol. The van der Waals surface area contributed by atoms with Gasteiger partial charge in [0.1, 0.15) is 5.69 Å². The molecule has 2 aliphatic rings. The van der Waals surface area contributed by atoms with Gasteiger partial charge in [0.2, 0.25) is 5.88 Å². The Hall–Kier alpha value is -1.37. The summed E-state index contributed by atoms with van der Waals surface area (Å²) in [6.07, 6.45) is -0.859. The predicted octanol–water partition coefficient (Wildman–Crippen LogP) is 2.05. The minimum Gasteiger partial charge on any atom is -0.480 e. The number of aromatic nitrogens is 2. The molecule has 0 radical (unpaired) electrons. The van der Waals surface area contributed by atoms with Crippen molar-refractivity contribution in [2.75, 3.05) is 20.2 Å². The Bertz CT molecular complexity index is 506. The van der Waals surface area contributed by atoms with Crippen LogP contribution in [-0.4, -0.2) is 30.2 Å². The van der Waals surface area contributed by atoms with Crippen LogP contribution >= 0.6 is 0 Å². The highest BCUT2D eigenvalue weighted by molar-refractivity contribution is 5.23. The summed E-state index contributed by atoms with van der Waals surface area (Å²) in [5.41, 5.74) is -0.0453. The molecule has 1 aliphatic heterocycles. The number of ether oxygens (including phenoxy) is 1. The summed E-state index contributed by atoms with van der Waals surface area (Å²) in [6, 6.07) is 0. The third-order valence-electron chi connectivity index (χ3n) is 4.22. The van der Waals surface area contributed by atoms with E-state index in [-0.39, 0.29) is 5.88 Å². The molecule has 2 fully saturated rings. The van der Waals surface area contributed by atoms with Gasteiger partial charge in [-0.05, 0) is 30.6 Å². The molecule has 1 aliphatic carbocycles. The van der Waals surface area contributed by atoms with E-state index in [9.17, 15) is 13.2 Å². The van der Waals surface area contributed by atoms with Gasteiger partial charge in [0.25, 0.3) is 0 Å². The maximum atomic E-state index is 12.6. The zero-order valence-electron chi connectivity index (χ0n) is 11.1. The zero-order chi connectivity index (χ0) is 14.4. The molecule has 1 aromatic heterocycles. The normalized spacial score (nSPS) is 21.4. The van der Waals surface area contributed by atoms with E-state index >= 15 is 0 Å². The summed E-state index contributed by atoms with van der Waals surface area (Å²) in [5, 5.41) is 3.26. The molecule has 0 bridgehead atoms. The van der Waals surface area contributed by atoms with E-state index < -0.39 is 11.9 Å². The first kappa shape index (κ1) is 13.6. The molecule has 0 unspecified atom stereocenters. The maximum Gasteiger partial charge on any atom is 0.435 e. The molecule has 3 rings (SSSR count). The van der Waals surface area contributed by atoms with Crippen molar-refractivity contribution in [1.82, 2.24) is 15.3 Å². The molecule has 7 heteroatoms. The maximum absolute atomic E-state index is 12.6. The van der Waals surface area contributed by atoms with E-state index in [1.165, 1.54) is 7.11 Å². The smallest absolute Gasteiger partial charge is 0.435 e. The van der Waals surface area contributed by atoms with Gasteiger partial charge in [0.05, 0.1) is 13.3 Å². The molecule has 1 saturated heterocycles. The number of rotatable bonds is 3. The third-order valence-corrected chi connectivity index (χ3v) is 4.22. The Labute approximate surface area is 114 Å². The van der Waals surface area contributed by atoms with Crippen LogP contribution in [0.2, 0.25) is 0 Å². The van der Waals surface area contributed by atoms with Crippen LogP contribution in [0.1, 0.15) is 24.2 Å². The number of hydrogen-bond donors (Lipinski definition) is 1. The van der Waals surface area contributed by atoms with Gasteiger partial charge in [0.15, 0.2) is 5.69 Å². The number of hydrogen-bond acceptors (Lipinski definition) is 4. The minimum atomic E-state index is -4.49. The van der Waals surface area contributed by atoms with Crippen molar-refractivity contribution >= 4 is 0 Å². The second-order valence-corrected chi connectivity index (χ2v) is 5.79. The second kappa shape index (κ2) is 4.58. The minimum absolute atomic E-state index is 0.00694. The Morgan fingerprint density at radius 1 is 1.40 bits per heavy atom. The Morgan fingerprint density at radius 2 is 2.10 bits per heavy atom. The first-order chi connectivity index (χ1) is 9.42. The van der Waals surface area contributed by atoms with E-state index in [4.69, 9.17) is 4.74 Å². The van der Waals surface area contributed by atoms with Gasteiger partial charge in [-0.3, -0.25) is 4.98 Å². The third kappa shape index (κ3) is 2.34. The summed E-state index contributed by atoms with van der Waals surface area (Å²) in [7, 11) is 1.33. The highest BCUT2D eigenvalue weighted by atomic mass is 19.4. The summed E-state index contributed by atoms with van der Waals surface area (Å²) >= 11 is 0. The van der Waals surface area contributed by atoms with Crippen molar-refractivity contribution in [3.63, 3.8) is 0 Å². The molecule has 1 spiro atoms. The lowest BCUT2D eigenvalue weighted by Crippen LogP contribution is -2.60. The SMILES string of the molecule is COc1nc(C(F)(F)F)cnc1CC1CC2(CNC2)C1. The molecule has 0 aromatic carbocycles. The average molecular weight is 287 g/mol. The lowest BCUT2D eigenvalue weighted by Gasteiger charge is -2.54. The molecule has 1 N–H and O–H groups in total. The Morgan fingerprint density at radius 3 is 2.60 bits per heavy atom. The number of alkyl halides is 3. The number of halogens is 3. The molecule has 20 heavy (non-hydrogen) atoms. The van der Waals surface area contributed by atoms with Gasteiger partial charge in [0, 0.05) is 13.1 Å². The summed E-state index contributed by atoms with van der Waals surface area (Å²) in [5.74, 6) is 0.463. The number of nitrogens with one attached hydrogen (secondary N) is 1. The van der Waals surface area contributed by atoms with Crippen LogP contribution in [0.25, 0.3) is 0 Å². The van der Waals surface area contributed by atoms with Crippen molar-refractivity contribution in [1.29, 1.82) is 0 Å². The summed E-state index contributed by atoms with van der Waals surface area (Å²) in [6.45, 7) is 2.11.